The molecule has 2 aromatic carbocycles. The van der Waals surface area contributed by atoms with Crippen LogP contribution in [0.2, 0.25) is 15.1 Å². The summed E-state index contributed by atoms with van der Waals surface area (Å²) in [6.45, 7) is 4.03. The quantitative estimate of drug-likeness (QED) is 0.497. The first-order valence-corrected chi connectivity index (χ1v) is 9.06. The smallest absolute Gasteiger partial charge is 0.139 e. The van der Waals surface area contributed by atoms with E-state index >= 15 is 0 Å². The second kappa shape index (κ2) is 8.48. The normalized spacial score (nSPS) is 10.4. The van der Waals surface area contributed by atoms with Crippen molar-refractivity contribution in [3.05, 3.63) is 82.3 Å². The van der Waals surface area contributed by atoms with Gasteiger partial charge in [0.05, 0.1) is 15.7 Å². The number of hydrogen-bond acceptors (Lipinski definition) is 5. The molecular weight excluding hydrogens is 405 g/mol. The minimum Gasteiger partial charge on any atom is -0.340 e. The SMILES string of the molecule is C=C(Nc1c(Cl)cccc1Cl)N(C)c1cc(Nc2cccc(Cl)c2)ncn1. The van der Waals surface area contributed by atoms with Gasteiger partial charge >= 0.3 is 0 Å². The number of nitrogens with zero attached hydrogens (tertiary/aromatic N) is 3. The molecule has 138 valence electrons. The van der Waals surface area contributed by atoms with E-state index in [0.29, 0.717) is 38.2 Å². The molecule has 0 atom stereocenters. The van der Waals surface area contributed by atoms with Crippen LogP contribution < -0.4 is 15.5 Å². The van der Waals surface area contributed by atoms with E-state index in [0.717, 1.165) is 5.69 Å². The van der Waals surface area contributed by atoms with Crippen LogP contribution in [0.5, 0.6) is 0 Å². The summed E-state index contributed by atoms with van der Waals surface area (Å²) in [6, 6.07) is 14.5. The Labute approximate surface area is 172 Å². The summed E-state index contributed by atoms with van der Waals surface area (Å²) in [7, 11) is 1.82. The van der Waals surface area contributed by atoms with E-state index < -0.39 is 0 Å². The predicted octanol–water partition coefficient (Wildman–Crippen LogP) is 6.20. The van der Waals surface area contributed by atoms with Gasteiger partial charge in [-0.05, 0) is 30.3 Å². The number of para-hydroxylation sites is 1. The van der Waals surface area contributed by atoms with Crippen LogP contribution >= 0.6 is 34.8 Å². The number of halogens is 3. The van der Waals surface area contributed by atoms with Gasteiger partial charge in [0.1, 0.15) is 23.8 Å². The Morgan fingerprint density at radius 2 is 1.70 bits per heavy atom. The van der Waals surface area contributed by atoms with Crippen molar-refractivity contribution in [2.75, 3.05) is 22.6 Å². The highest BCUT2D eigenvalue weighted by Crippen LogP contribution is 2.31. The Bertz CT molecular complexity index is 957. The summed E-state index contributed by atoms with van der Waals surface area (Å²) in [4.78, 5) is 10.3. The lowest BCUT2D eigenvalue weighted by Crippen LogP contribution is -2.22. The van der Waals surface area contributed by atoms with Crippen LogP contribution in [0, 0.1) is 0 Å². The Kier molecular flexibility index (Phi) is 6.06. The van der Waals surface area contributed by atoms with Gasteiger partial charge < -0.3 is 15.5 Å². The third kappa shape index (κ3) is 4.83. The van der Waals surface area contributed by atoms with Gasteiger partial charge in [0.25, 0.3) is 0 Å². The highest BCUT2D eigenvalue weighted by atomic mass is 35.5. The fourth-order valence-corrected chi connectivity index (χ4v) is 2.98. The molecule has 8 heteroatoms. The summed E-state index contributed by atoms with van der Waals surface area (Å²) in [5.41, 5.74) is 1.42. The number of benzene rings is 2. The van der Waals surface area contributed by atoms with Gasteiger partial charge in [-0.25, -0.2) is 9.97 Å². The first kappa shape index (κ1) is 19.3. The molecule has 0 radical (unpaired) electrons. The lowest BCUT2D eigenvalue weighted by molar-refractivity contribution is 1.03. The maximum absolute atomic E-state index is 6.20. The van der Waals surface area contributed by atoms with E-state index in [1.165, 1.54) is 6.33 Å². The molecule has 0 spiro atoms. The van der Waals surface area contributed by atoms with Crippen LogP contribution in [-0.4, -0.2) is 17.0 Å². The van der Waals surface area contributed by atoms with Crippen molar-refractivity contribution in [1.82, 2.24) is 9.97 Å². The maximum Gasteiger partial charge on any atom is 0.139 e. The predicted molar refractivity (Wildman–Crippen MR) is 114 cm³/mol. The van der Waals surface area contributed by atoms with Crippen molar-refractivity contribution in [2.24, 2.45) is 0 Å². The monoisotopic (exact) mass is 419 g/mol. The molecule has 3 rings (SSSR count). The topological polar surface area (TPSA) is 53.1 Å². The van der Waals surface area contributed by atoms with Gasteiger partial charge in [-0.1, -0.05) is 53.5 Å². The second-order valence-corrected chi connectivity index (χ2v) is 6.87. The van der Waals surface area contributed by atoms with Gasteiger partial charge in [-0.15, -0.1) is 0 Å². The van der Waals surface area contributed by atoms with E-state index in [4.69, 9.17) is 34.8 Å². The number of aromatic nitrogens is 2. The molecule has 0 aliphatic heterocycles. The number of anilines is 4. The van der Waals surface area contributed by atoms with E-state index in [1.54, 1.807) is 35.2 Å². The van der Waals surface area contributed by atoms with Crippen LogP contribution in [0.15, 0.2) is 67.3 Å². The van der Waals surface area contributed by atoms with Gasteiger partial charge in [0.2, 0.25) is 0 Å². The van der Waals surface area contributed by atoms with Gasteiger partial charge in [-0.2, -0.15) is 0 Å². The van der Waals surface area contributed by atoms with Gasteiger partial charge in [0.15, 0.2) is 0 Å². The Morgan fingerprint density at radius 3 is 2.41 bits per heavy atom. The highest BCUT2D eigenvalue weighted by molar-refractivity contribution is 6.39. The van der Waals surface area contributed by atoms with E-state index in [2.05, 4.69) is 27.2 Å². The average molecular weight is 421 g/mol. The van der Waals surface area contributed by atoms with E-state index in [-0.39, 0.29) is 0 Å². The molecule has 5 nitrogen and oxygen atoms in total. The molecule has 0 amide bonds. The van der Waals surface area contributed by atoms with E-state index in [1.807, 2.05) is 25.2 Å². The van der Waals surface area contributed by atoms with Crippen molar-refractivity contribution < 1.29 is 0 Å². The molecule has 27 heavy (non-hydrogen) atoms. The van der Waals surface area contributed by atoms with Crippen LogP contribution in [0.4, 0.5) is 23.0 Å². The molecule has 0 saturated heterocycles. The fourth-order valence-electron chi connectivity index (χ4n) is 2.30. The zero-order chi connectivity index (χ0) is 19.4. The number of nitrogens with one attached hydrogen (secondary N) is 2. The zero-order valence-corrected chi connectivity index (χ0v) is 16.6. The lowest BCUT2D eigenvalue weighted by Gasteiger charge is -2.23. The molecule has 0 unspecified atom stereocenters. The minimum absolute atomic E-state index is 0.503. The largest absolute Gasteiger partial charge is 0.340 e. The zero-order valence-electron chi connectivity index (χ0n) is 14.4. The van der Waals surface area contributed by atoms with Crippen LogP contribution in [0.25, 0.3) is 0 Å². The van der Waals surface area contributed by atoms with Crippen molar-refractivity contribution in [1.29, 1.82) is 0 Å². The molecule has 1 aromatic heterocycles. The first-order valence-electron chi connectivity index (χ1n) is 7.92. The van der Waals surface area contributed by atoms with Crippen molar-refractivity contribution in [3.8, 4) is 0 Å². The van der Waals surface area contributed by atoms with Crippen molar-refractivity contribution in [3.63, 3.8) is 0 Å². The van der Waals surface area contributed by atoms with Crippen LogP contribution in [0.1, 0.15) is 0 Å². The molecule has 1 heterocycles. The second-order valence-electron chi connectivity index (χ2n) is 5.62. The lowest BCUT2D eigenvalue weighted by atomic mass is 10.3. The molecule has 0 aliphatic rings. The van der Waals surface area contributed by atoms with Crippen molar-refractivity contribution >= 4 is 57.8 Å². The van der Waals surface area contributed by atoms with Crippen LogP contribution in [-0.2, 0) is 0 Å². The van der Waals surface area contributed by atoms with E-state index in [9.17, 15) is 0 Å². The molecule has 0 saturated carbocycles. The number of rotatable bonds is 6. The molecule has 3 aromatic rings. The van der Waals surface area contributed by atoms with Crippen LogP contribution in [0.3, 0.4) is 0 Å². The summed E-state index contributed by atoms with van der Waals surface area (Å²) < 4.78 is 0. The summed E-state index contributed by atoms with van der Waals surface area (Å²) in [5, 5.41) is 7.96. The summed E-state index contributed by atoms with van der Waals surface area (Å²) in [5.74, 6) is 1.81. The molecular formula is C19H16Cl3N5. The molecule has 0 bridgehead atoms. The summed E-state index contributed by atoms with van der Waals surface area (Å²) in [6.07, 6.45) is 1.47. The number of hydrogen-bond donors (Lipinski definition) is 2. The van der Waals surface area contributed by atoms with Crippen molar-refractivity contribution in [2.45, 2.75) is 0 Å². The minimum atomic E-state index is 0.503. The Hall–Kier alpha value is -2.47. The highest BCUT2D eigenvalue weighted by Gasteiger charge is 2.12. The standard InChI is InChI=1S/C19H16Cl3N5/c1-12(25-19-15(21)7-4-8-16(19)22)27(2)18-10-17(23-11-24-18)26-14-6-3-5-13(20)9-14/h3-11,25H,1H2,2H3,(H,23,24,26). The van der Waals surface area contributed by atoms with Gasteiger partial charge in [0, 0.05) is 23.8 Å². The first-order chi connectivity index (χ1) is 12.9. The maximum atomic E-state index is 6.20. The third-order valence-corrected chi connectivity index (χ3v) is 4.60. The summed E-state index contributed by atoms with van der Waals surface area (Å²) >= 11 is 18.4. The average Bonchev–Trinajstić information content (AvgIpc) is 2.64. The molecule has 0 aliphatic carbocycles. The molecule has 0 fully saturated rings. The van der Waals surface area contributed by atoms with Gasteiger partial charge in [-0.3, -0.25) is 0 Å². The fraction of sp³-hybridized carbons (Fsp3) is 0.0526. The Morgan fingerprint density at radius 1 is 1.00 bits per heavy atom. The third-order valence-electron chi connectivity index (χ3n) is 3.73. The Balaban J connectivity index is 1.76. The molecule has 2 N–H and O–H groups in total.